The van der Waals surface area contributed by atoms with Crippen molar-refractivity contribution in [3.8, 4) is 0 Å². The molecule has 1 fully saturated rings. The molecule has 1 aliphatic rings. The maximum atomic E-state index is 13.2. The van der Waals surface area contributed by atoms with Gasteiger partial charge in [-0.1, -0.05) is 101 Å². The number of aryl methyl sites for hydroxylation is 3. The minimum Gasteiger partial charge on any atom is -0.273 e. The molecule has 4 rings (SSSR count). The molecule has 0 aliphatic carbocycles. The Labute approximate surface area is 194 Å². The molecule has 1 atom stereocenters. The molecule has 1 unspecified atom stereocenters. The van der Waals surface area contributed by atoms with Crippen LogP contribution in [0.4, 0.5) is 10.5 Å². The predicted octanol–water partition coefficient (Wildman–Crippen LogP) is 6.90. The Bertz CT molecular complexity index is 1180. The first-order chi connectivity index (χ1) is 15.4. The third-order valence-corrected chi connectivity index (χ3v) is 6.62. The zero-order valence-corrected chi connectivity index (χ0v) is 19.5. The van der Waals surface area contributed by atoms with Crippen LogP contribution >= 0.6 is 11.8 Å². The molecule has 0 saturated carbocycles. The van der Waals surface area contributed by atoms with E-state index in [0.717, 1.165) is 34.9 Å². The molecule has 0 spiro atoms. The van der Waals surface area contributed by atoms with E-state index in [1.54, 1.807) is 0 Å². The summed E-state index contributed by atoms with van der Waals surface area (Å²) in [6.07, 6.45) is 3.46. The lowest BCUT2D eigenvalue weighted by atomic mass is 9.96. The molecule has 0 radical (unpaired) electrons. The quantitative estimate of drug-likeness (QED) is 0.418. The van der Waals surface area contributed by atoms with Crippen LogP contribution in [0.2, 0.25) is 0 Å². The standard InChI is InChI=1S/C28H27NO2S/c1-19-10-12-25(13-11-19)29-27(30)26(32-28(29)31)18-24(16-22-8-4-6-20(2)14-22)17-23-9-5-7-21(3)15-23/h4-16,26H,17-18H2,1-3H3. The number of amides is 2. The SMILES string of the molecule is Cc1ccc(N2C(=O)SC(CC(=Cc3cccc(C)c3)Cc3cccc(C)c3)C2=O)cc1. The van der Waals surface area contributed by atoms with Gasteiger partial charge in [-0.3, -0.25) is 9.59 Å². The number of anilines is 1. The van der Waals surface area contributed by atoms with E-state index in [-0.39, 0.29) is 11.1 Å². The van der Waals surface area contributed by atoms with E-state index < -0.39 is 5.25 Å². The van der Waals surface area contributed by atoms with Crippen molar-refractivity contribution in [2.75, 3.05) is 4.90 Å². The van der Waals surface area contributed by atoms with Crippen molar-refractivity contribution in [3.63, 3.8) is 0 Å². The molecule has 1 aliphatic heterocycles. The van der Waals surface area contributed by atoms with Gasteiger partial charge in [0.1, 0.15) is 0 Å². The second kappa shape index (κ2) is 9.58. The van der Waals surface area contributed by atoms with Crippen molar-refractivity contribution in [1.29, 1.82) is 0 Å². The minimum atomic E-state index is -0.412. The van der Waals surface area contributed by atoms with Gasteiger partial charge in [-0.15, -0.1) is 0 Å². The van der Waals surface area contributed by atoms with Gasteiger partial charge in [-0.25, -0.2) is 4.90 Å². The van der Waals surface area contributed by atoms with Gasteiger partial charge in [0.2, 0.25) is 5.91 Å². The van der Waals surface area contributed by atoms with Crippen LogP contribution < -0.4 is 4.90 Å². The summed E-state index contributed by atoms with van der Waals surface area (Å²) in [4.78, 5) is 27.2. The molecule has 32 heavy (non-hydrogen) atoms. The van der Waals surface area contributed by atoms with Gasteiger partial charge in [0, 0.05) is 0 Å². The van der Waals surface area contributed by atoms with Crippen molar-refractivity contribution in [3.05, 3.63) is 106 Å². The molecule has 0 N–H and O–H groups in total. The van der Waals surface area contributed by atoms with Crippen molar-refractivity contribution in [2.24, 2.45) is 0 Å². The Morgan fingerprint density at radius 2 is 1.56 bits per heavy atom. The van der Waals surface area contributed by atoms with Gasteiger partial charge in [0.25, 0.3) is 5.24 Å². The molecular weight excluding hydrogens is 414 g/mol. The Morgan fingerprint density at radius 1 is 0.875 bits per heavy atom. The molecule has 4 heteroatoms. The first-order valence-corrected chi connectivity index (χ1v) is 11.7. The average Bonchev–Trinajstić information content (AvgIpc) is 3.02. The van der Waals surface area contributed by atoms with E-state index in [9.17, 15) is 9.59 Å². The van der Waals surface area contributed by atoms with E-state index in [1.165, 1.54) is 21.6 Å². The van der Waals surface area contributed by atoms with Crippen molar-refractivity contribution in [2.45, 2.75) is 38.9 Å². The molecular formula is C28H27NO2S. The minimum absolute atomic E-state index is 0.136. The largest absolute Gasteiger partial charge is 0.293 e. The number of nitrogens with zero attached hydrogens (tertiary/aromatic N) is 1. The fourth-order valence-electron chi connectivity index (χ4n) is 4.01. The van der Waals surface area contributed by atoms with Crippen LogP contribution in [-0.2, 0) is 11.2 Å². The van der Waals surface area contributed by atoms with Gasteiger partial charge in [-0.05, 0) is 56.9 Å². The summed E-state index contributed by atoms with van der Waals surface area (Å²) in [5.74, 6) is -0.136. The van der Waals surface area contributed by atoms with Crippen LogP contribution in [0.3, 0.4) is 0 Å². The number of hydrogen-bond acceptors (Lipinski definition) is 3. The highest BCUT2D eigenvalue weighted by Crippen LogP contribution is 2.36. The van der Waals surface area contributed by atoms with Crippen LogP contribution in [0.5, 0.6) is 0 Å². The number of benzene rings is 3. The second-order valence-corrected chi connectivity index (χ2v) is 9.62. The molecule has 3 aromatic rings. The Balaban J connectivity index is 1.61. The van der Waals surface area contributed by atoms with Crippen molar-refractivity contribution in [1.82, 2.24) is 0 Å². The first kappa shape index (κ1) is 22.1. The predicted molar refractivity (Wildman–Crippen MR) is 134 cm³/mol. The van der Waals surface area contributed by atoms with E-state index in [4.69, 9.17) is 0 Å². The summed E-state index contributed by atoms with van der Waals surface area (Å²) in [7, 11) is 0. The number of hydrogen-bond donors (Lipinski definition) is 0. The Kier molecular flexibility index (Phi) is 6.61. The third kappa shape index (κ3) is 5.20. The molecule has 3 nitrogen and oxygen atoms in total. The van der Waals surface area contributed by atoms with Crippen LogP contribution in [0.1, 0.15) is 34.2 Å². The van der Waals surface area contributed by atoms with Gasteiger partial charge >= 0.3 is 0 Å². The fraction of sp³-hybridized carbons (Fsp3) is 0.214. The fourth-order valence-corrected chi connectivity index (χ4v) is 5.06. The summed E-state index contributed by atoms with van der Waals surface area (Å²) in [5, 5.41) is -0.612. The zero-order chi connectivity index (χ0) is 22.7. The highest BCUT2D eigenvalue weighted by atomic mass is 32.2. The molecule has 0 aromatic heterocycles. The van der Waals surface area contributed by atoms with Crippen LogP contribution in [-0.4, -0.2) is 16.4 Å². The lowest BCUT2D eigenvalue weighted by Crippen LogP contribution is -2.31. The Morgan fingerprint density at radius 3 is 2.25 bits per heavy atom. The third-order valence-electron chi connectivity index (χ3n) is 5.59. The van der Waals surface area contributed by atoms with Gasteiger partial charge in [0.05, 0.1) is 10.9 Å². The monoisotopic (exact) mass is 441 g/mol. The molecule has 0 bridgehead atoms. The van der Waals surface area contributed by atoms with E-state index in [2.05, 4.69) is 62.4 Å². The molecule has 2 amide bonds. The van der Waals surface area contributed by atoms with Crippen molar-refractivity contribution >= 4 is 34.7 Å². The summed E-state index contributed by atoms with van der Waals surface area (Å²) in [6, 6.07) is 24.3. The first-order valence-electron chi connectivity index (χ1n) is 10.8. The van der Waals surface area contributed by atoms with Crippen LogP contribution in [0.25, 0.3) is 6.08 Å². The number of carbonyl (C=O) groups excluding carboxylic acids is 2. The average molecular weight is 442 g/mol. The van der Waals surface area contributed by atoms with E-state index in [0.29, 0.717) is 12.1 Å². The topological polar surface area (TPSA) is 37.4 Å². The van der Waals surface area contributed by atoms with Crippen LogP contribution in [0.15, 0.2) is 78.4 Å². The summed E-state index contributed by atoms with van der Waals surface area (Å²) < 4.78 is 0. The maximum Gasteiger partial charge on any atom is 0.293 e. The second-order valence-electron chi connectivity index (χ2n) is 8.47. The van der Waals surface area contributed by atoms with Crippen LogP contribution in [0, 0.1) is 20.8 Å². The number of allylic oxidation sites excluding steroid dienone is 1. The molecule has 162 valence electrons. The highest BCUT2D eigenvalue weighted by molar-refractivity contribution is 8.15. The van der Waals surface area contributed by atoms with Gasteiger partial charge in [0.15, 0.2) is 0 Å². The summed E-state index contributed by atoms with van der Waals surface area (Å²) in [6.45, 7) is 6.15. The molecule has 1 heterocycles. The summed E-state index contributed by atoms with van der Waals surface area (Å²) in [5.41, 5.74) is 7.61. The van der Waals surface area contributed by atoms with Crippen molar-refractivity contribution < 1.29 is 9.59 Å². The lowest BCUT2D eigenvalue weighted by Gasteiger charge is -2.15. The number of thioether (sulfide) groups is 1. The zero-order valence-electron chi connectivity index (χ0n) is 18.7. The van der Waals surface area contributed by atoms with Gasteiger partial charge < -0.3 is 0 Å². The highest BCUT2D eigenvalue weighted by Gasteiger charge is 2.40. The van der Waals surface area contributed by atoms with E-state index in [1.807, 2.05) is 37.3 Å². The number of rotatable bonds is 6. The number of carbonyl (C=O) groups is 2. The lowest BCUT2D eigenvalue weighted by molar-refractivity contribution is -0.117. The summed E-state index contributed by atoms with van der Waals surface area (Å²) >= 11 is 1.13. The smallest absolute Gasteiger partial charge is 0.273 e. The maximum absolute atomic E-state index is 13.2. The Hall–Kier alpha value is -3.11. The van der Waals surface area contributed by atoms with Gasteiger partial charge in [-0.2, -0.15) is 0 Å². The van der Waals surface area contributed by atoms with E-state index >= 15 is 0 Å². The number of imide groups is 1. The molecule has 3 aromatic carbocycles. The normalized spacial score (nSPS) is 16.7. The molecule has 1 saturated heterocycles.